The Hall–Kier alpha value is -2.63. The summed E-state index contributed by atoms with van der Waals surface area (Å²) in [6, 6.07) is 2.48. The Kier molecular flexibility index (Phi) is 17.6. The average molecular weight is 739 g/mol. The van der Waals surface area contributed by atoms with Gasteiger partial charge in [0.05, 0.1) is 13.2 Å². The summed E-state index contributed by atoms with van der Waals surface area (Å²) in [7, 11) is -4.39. The molecule has 3 rings (SSSR count). The number of hydrogen-bond acceptors (Lipinski definition) is 11. The van der Waals surface area contributed by atoms with Crippen LogP contribution in [0.25, 0.3) is 0 Å². The van der Waals surface area contributed by atoms with Crippen molar-refractivity contribution in [3.8, 4) is 0 Å². The van der Waals surface area contributed by atoms with Crippen molar-refractivity contribution in [3.05, 3.63) is 34.9 Å². The van der Waals surface area contributed by atoms with Crippen LogP contribution in [0.3, 0.4) is 0 Å². The Morgan fingerprint density at radius 2 is 1.71 bits per heavy atom. The van der Waals surface area contributed by atoms with Crippen molar-refractivity contribution >= 4 is 51.7 Å². The summed E-state index contributed by atoms with van der Waals surface area (Å²) >= 11 is 6.01. The molecule has 1 aliphatic heterocycles. The van der Waals surface area contributed by atoms with Gasteiger partial charge >= 0.3 is 47.7 Å². The van der Waals surface area contributed by atoms with Crippen LogP contribution in [-0.4, -0.2) is 80.2 Å². The van der Waals surface area contributed by atoms with Crippen LogP contribution in [0.4, 0.5) is 9.59 Å². The number of halogens is 1. The van der Waals surface area contributed by atoms with Crippen molar-refractivity contribution < 1.29 is 80.7 Å². The maximum Gasteiger partial charge on any atom is 1.00 e. The molecule has 0 radical (unpaired) electrons. The van der Waals surface area contributed by atoms with Gasteiger partial charge in [-0.3, -0.25) is 9.59 Å². The number of carbonyl (C=O) groups excluding carboxylic acids is 5. The minimum atomic E-state index is -5.48. The third-order valence-electron chi connectivity index (χ3n) is 8.42. The fourth-order valence-electron chi connectivity index (χ4n) is 5.88. The molecule has 5 atom stereocenters. The van der Waals surface area contributed by atoms with Crippen LogP contribution >= 0.6 is 11.6 Å². The molecule has 268 valence electrons. The molecular formula is C31H44ClN4NaO11S. The van der Waals surface area contributed by atoms with Gasteiger partial charge in [0.1, 0.15) is 28.8 Å². The molecule has 0 bridgehead atoms. The quantitative estimate of drug-likeness (QED) is 0.0794. The molecule has 2 unspecified atom stereocenters. The molecule has 1 heterocycles. The predicted molar refractivity (Wildman–Crippen MR) is 171 cm³/mol. The van der Waals surface area contributed by atoms with Crippen LogP contribution in [0.1, 0.15) is 70.8 Å². The van der Waals surface area contributed by atoms with Crippen LogP contribution in [0.2, 0.25) is 5.02 Å². The number of hydrogen-bond donors (Lipinski definition) is 4. The third-order valence-corrected chi connectivity index (χ3v) is 9.65. The minimum absolute atomic E-state index is 0. The Balaban J connectivity index is 0.00000833. The molecule has 49 heavy (non-hydrogen) atoms. The predicted octanol–water partition coefficient (Wildman–Crippen LogP) is -0.285. The molecule has 0 aromatic heterocycles. The Morgan fingerprint density at radius 3 is 2.29 bits per heavy atom. The largest absolute Gasteiger partial charge is 1.00 e. The van der Waals surface area contributed by atoms with Gasteiger partial charge in [-0.15, -0.1) is 0 Å². The van der Waals surface area contributed by atoms with Crippen molar-refractivity contribution in [3.63, 3.8) is 0 Å². The molecule has 1 aromatic rings. The number of rotatable bonds is 15. The maximum atomic E-state index is 13.8. The zero-order valence-electron chi connectivity index (χ0n) is 28.2. The SMILES string of the molecule is COC(=O)C(NC(=O)OC([C@H](C[C@@H]1CCNC1=O)NC(=O)[C@H](CC1CCCCC1)NC(=O)OCc1cccc(Cl)c1)S(=O)(=O)[O-])C(C)C.[Na+]. The molecule has 18 heteroatoms. The van der Waals surface area contributed by atoms with E-state index < -0.39 is 75.5 Å². The molecule has 4 amide bonds. The van der Waals surface area contributed by atoms with Crippen LogP contribution in [0, 0.1) is 17.8 Å². The van der Waals surface area contributed by atoms with Gasteiger partial charge in [0.15, 0.2) is 0 Å². The summed E-state index contributed by atoms with van der Waals surface area (Å²) in [4.78, 5) is 64.2. The number of methoxy groups -OCH3 is 1. The topological polar surface area (TPSA) is 218 Å². The standard InChI is InChI=1S/C31H45ClN4O11S.Na/c1-18(2)25(28(39)45-3)36-31(41)47-29(48(42,43)44)24(16-21-12-13-33-26(21)37)34-27(38)23(15-19-8-5-4-6-9-19)35-30(40)46-17-20-10-7-11-22(32)14-20;/h7,10-11,14,18-19,21,23-25,29H,4-6,8-9,12-13,15-17H2,1-3H3,(H,33,37)(H,34,38)(H,35,40)(H,36,41)(H,42,43,44);/q;+1/p-1/t21-,23-,24-,25?,29?;/m0./s1. The van der Waals surface area contributed by atoms with Crippen LogP contribution in [0.15, 0.2) is 24.3 Å². The van der Waals surface area contributed by atoms with Gasteiger partial charge in [-0.05, 0) is 48.8 Å². The Bertz CT molecular complexity index is 1410. The smallest absolute Gasteiger partial charge is 0.745 e. The van der Waals surface area contributed by atoms with Gasteiger partial charge in [-0.2, -0.15) is 0 Å². The normalized spacial score (nSPS) is 18.9. The third kappa shape index (κ3) is 13.9. The Labute approximate surface area is 313 Å². The monoisotopic (exact) mass is 738 g/mol. The summed E-state index contributed by atoms with van der Waals surface area (Å²) in [6.45, 7) is 3.31. The first kappa shape index (κ1) is 42.5. The summed E-state index contributed by atoms with van der Waals surface area (Å²) in [5.41, 5.74) is -1.89. The van der Waals surface area contributed by atoms with Crippen molar-refractivity contribution in [1.29, 1.82) is 0 Å². The second-order valence-electron chi connectivity index (χ2n) is 12.4. The number of carbonyl (C=O) groups is 5. The number of benzene rings is 1. The van der Waals surface area contributed by atoms with E-state index in [9.17, 15) is 36.9 Å². The first-order valence-electron chi connectivity index (χ1n) is 15.9. The fourth-order valence-corrected chi connectivity index (χ4v) is 6.88. The average Bonchev–Trinajstić information content (AvgIpc) is 3.44. The number of nitrogens with one attached hydrogen (secondary N) is 4. The van der Waals surface area contributed by atoms with Crippen molar-refractivity contribution in [2.24, 2.45) is 17.8 Å². The Morgan fingerprint density at radius 1 is 1.02 bits per heavy atom. The van der Waals surface area contributed by atoms with Gasteiger partial charge in [0, 0.05) is 17.5 Å². The molecule has 2 aliphatic rings. The molecule has 4 N–H and O–H groups in total. The summed E-state index contributed by atoms with van der Waals surface area (Å²) in [5.74, 6) is -3.42. The zero-order chi connectivity index (χ0) is 35.4. The zero-order valence-corrected chi connectivity index (χ0v) is 31.8. The van der Waals surface area contributed by atoms with E-state index in [2.05, 4.69) is 26.0 Å². The molecule has 2 fully saturated rings. The van der Waals surface area contributed by atoms with Gasteiger partial charge in [0.25, 0.3) is 0 Å². The van der Waals surface area contributed by atoms with E-state index in [0.717, 1.165) is 39.2 Å². The molecule has 1 saturated heterocycles. The number of ether oxygens (including phenoxy) is 3. The van der Waals surface area contributed by atoms with Crippen LogP contribution in [-0.2, 0) is 45.3 Å². The maximum absolute atomic E-state index is 13.8. The molecule has 1 aliphatic carbocycles. The van der Waals surface area contributed by atoms with Crippen molar-refractivity contribution in [2.75, 3.05) is 13.7 Å². The number of amides is 4. The second kappa shape index (κ2) is 20.3. The van der Waals surface area contributed by atoms with Crippen LogP contribution in [0.5, 0.6) is 0 Å². The van der Waals surface area contributed by atoms with Gasteiger partial charge in [-0.25, -0.2) is 22.8 Å². The van der Waals surface area contributed by atoms with Gasteiger partial charge < -0.3 is 40.0 Å². The molecule has 1 aromatic carbocycles. The van der Waals surface area contributed by atoms with E-state index in [-0.39, 0.29) is 67.9 Å². The van der Waals surface area contributed by atoms with E-state index in [0.29, 0.717) is 10.6 Å². The minimum Gasteiger partial charge on any atom is -0.745 e. The van der Waals surface area contributed by atoms with Crippen molar-refractivity contribution in [1.82, 2.24) is 21.3 Å². The molecule has 15 nitrogen and oxygen atoms in total. The first-order valence-corrected chi connectivity index (χ1v) is 17.8. The van der Waals surface area contributed by atoms with E-state index in [1.807, 2.05) is 0 Å². The number of esters is 1. The van der Waals surface area contributed by atoms with E-state index in [4.69, 9.17) is 21.1 Å². The summed E-state index contributed by atoms with van der Waals surface area (Å²) in [6.07, 6.45) is 2.20. The summed E-state index contributed by atoms with van der Waals surface area (Å²) < 4.78 is 52.7. The van der Waals surface area contributed by atoms with Crippen LogP contribution < -0.4 is 50.8 Å². The molecule has 0 spiro atoms. The van der Waals surface area contributed by atoms with Gasteiger partial charge in [0.2, 0.25) is 17.3 Å². The van der Waals surface area contributed by atoms with E-state index >= 15 is 0 Å². The molecule has 1 saturated carbocycles. The van der Waals surface area contributed by atoms with E-state index in [1.54, 1.807) is 38.1 Å². The van der Waals surface area contributed by atoms with Gasteiger partial charge in [-0.1, -0.05) is 69.7 Å². The van der Waals surface area contributed by atoms with Crippen molar-refractivity contribution in [2.45, 2.75) is 95.4 Å². The molecular weight excluding hydrogens is 695 g/mol. The second-order valence-corrected chi connectivity index (χ2v) is 14.3. The number of alkyl carbamates (subject to hydrolysis) is 2. The van der Waals surface area contributed by atoms with E-state index in [1.165, 1.54) is 0 Å². The fraction of sp³-hybridized carbons (Fsp3) is 0.645. The summed E-state index contributed by atoms with van der Waals surface area (Å²) in [5, 5.41) is 10.3. The first-order chi connectivity index (χ1) is 22.7.